The maximum atomic E-state index is 12.2. The molecule has 0 atom stereocenters. The zero-order valence-corrected chi connectivity index (χ0v) is 13.7. The predicted molar refractivity (Wildman–Crippen MR) is 96.1 cm³/mol. The first kappa shape index (κ1) is 14.8. The summed E-state index contributed by atoms with van der Waals surface area (Å²) in [7, 11) is 0. The summed E-state index contributed by atoms with van der Waals surface area (Å²) in [6, 6.07) is 14.5. The number of likely N-dealkylation sites (tertiary alicyclic amines) is 1. The van der Waals surface area contributed by atoms with Gasteiger partial charge in [-0.15, -0.1) is 0 Å². The smallest absolute Gasteiger partial charge is 0.323 e. The number of amides is 2. The summed E-state index contributed by atoms with van der Waals surface area (Å²) >= 11 is 0. The summed E-state index contributed by atoms with van der Waals surface area (Å²) in [6.07, 6.45) is 2.16. The van der Waals surface area contributed by atoms with Gasteiger partial charge in [-0.1, -0.05) is 35.9 Å². The van der Waals surface area contributed by atoms with Crippen LogP contribution in [0.2, 0.25) is 0 Å². The molecule has 4 rings (SSSR count). The number of rotatable bonds is 2. The molecule has 2 heterocycles. The minimum absolute atomic E-state index is 0.0661. The lowest BCUT2D eigenvalue weighted by Crippen LogP contribution is -2.32. The zero-order valence-electron chi connectivity index (χ0n) is 13.7. The van der Waals surface area contributed by atoms with Gasteiger partial charge >= 0.3 is 6.03 Å². The molecule has 24 heavy (non-hydrogen) atoms. The number of fused-ring (bicyclic) bond motifs is 1. The van der Waals surface area contributed by atoms with Crippen LogP contribution in [0, 0.1) is 6.92 Å². The number of anilines is 1. The number of nitrogens with zero attached hydrogens (tertiary/aromatic N) is 2. The first-order valence-electron chi connectivity index (χ1n) is 8.32. The molecule has 122 valence electrons. The van der Waals surface area contributed by atoms with E-state index in [2.05, 4.69) is 58.8 Å². The second-order valence-corrected chi connectivity index (χ2v) is 6.33. The minimum Gasteiger partial charge on any atom is -0.324 e. The van der Waals surface area contributed by atoms with Crippen molar-refractivity contribution in [3.05, 3.63) is 48.0 Å². The van der Waals surface area contributed by atoms with E-state index in [0.29, 0.717) is 5.82 Å². The highest BCUT2D eigenvalue weighted by Crippen LogP contribution is 2.27. The summed E-state index contributed by atoms with van der Waals surface area (Å²) in [4.78, 5) is 14.1. The van der Waals surface area contributed by atoms with Gasteiger partial charge in [0.2, 0.25) is 0 Å². The highest BCUT2D eigenvalue weighted by Gasteiger charge is 2.19. The zero-order chi connectivity index (χ0) is 16.5. The van der Waals surface area contributed by atoms with E-state index in [1.807, 2.05) is 11.0 Å². The van der Waals surface area contributed by atoms with Crippen LogP contribution in [0.3, 0.4) is 0 Å². The van der Waals surface area contributed by atoms with E-state index in [0.717, 1.165) is 42.4 Å². The van der Waals surface area contributed by atoms with Crippen molar-refractivity contribution in [2.75, 3.05) is 18.4 Å². The summed E-state index contributed by atoms with van der Waals surface area (Å²) in [5.74, 6) is 0.595. The number of carbonyl (C=O) groups is 1. The fourth-order valence-corrected chi connectivity index (χ4v) is 3.22. The molecule has 3 aromatic rings. The van der Waals surface area contributed by atoms with Crippen molar-refractivity contribution >= 4 is 22.8 Å². The Morgan fingerprint density at radius 1 is 1.12 bits per heavy atom. The molecule has 5 heteroatoms. The molecule has 0 spiro atoms. The molecule has 0 aliphatic carbocycles. The second-order valence-electron chi connectivity index (χ2n) is 6.33. The number of aromatic amines is 1. The number of aryl methyl sites for hydroxylation is 1. The molecule has 1 aliphatic rings. The standard InChI is InChI=1S/C19H20N4O/c1-13-5-4-6-14(11-13)15-7-8-16-17(12-15)21-22-18(16)20-19(24)23-9-2-3-10-23/h4-8,11-12H,2-3,9-10H2,1H3,(H2,20,21,22,24). The maximum Gasteiger partial charge on any atom is 0.323 e. The van der Waals surface area contributed by atoms with Gasteiger partial charge in [0.1, 0.15) is 0 Å². The first-order chi connectivity index (χ1) is 11.7. The molecule has 2 N–H and O–H groups in total. The van der Waals surface area contributed by atoms with Gasteiger partial charge < -0.3 is 4.90 Å². The number of aromatic nitrogens is 2. The van der Waals surface area contributed by atoms with Crippen molar-refractivity contribution in [2.24, 2.45) is 0 Å². The van der Waals surface area contributed by atoms with Crippen molar-refractivity contribution in [1.82, 2.24) is 15.1 Å². The van der Waals surface area contributed by atoms with Crippen LogP contribution < -0.4 is 5.32 Å². The molecular formula is C19H20N4O. The summed E-state index contributed by atoms with van der Waals surface area (Å²) in [6.45, 7) is 3.74. The predicted octanol–water partition coefficient (Wildman–Crippen LogP) is 4.17. The van der Waals surface area contributed by atoms with Crippen molar-refractivity contribution in [3.63, 3.8) is 0 Å². The fraction of sp³-hybridized carbons (Fsp3) is 0.263. The van der Waals surface area contributed by atoms with Crippen molar-refractivity contribution < 1.29 is 4.79 Å². The van der Waals surface area contributed by atoms with E-state index in [-0.39, 0.29) is 6.03 Å². The molecule has 1 aliphatic heterocycles. The van der Waals surface area contributed by atoms with Crippen LogP contribution in [0.15, 0.2) is 42.5 Å². The van der Waals surface area contributed by atoms with Gasteiger partial charge in [-0.2, -0.15) is 5.10 Å². The third kappa shape index (κ3) is 2.73. The van der Waals surface area contributed by atoms with Gasteiger partial charge in [0, 0.05) is 18.5 Å². The van der Waals surface area contributed by atoms with Gasteiger partial charge in [0.25, 0.3) is 0 Å². The number of benzene rings is 2. The van der Waals surface area contributed by atoms with E-state index in [9.17, 15) is 4.79 Å². The lowest BCUT2D eigenvalue weighted by Gasteiger charge is -2.14. The number of hydrogen-bond donors (Lipinski definition) is 2. The normalized spacial score (nSPS) is 14.3. The Balaban J connectivity index is 1.62. The average Bonchev–Trinajstić information content (AvgIpc) is 3.25. The van der Waals surface area contributed by atoms with Crippen LogP contribution in [0.4, 0.5) is 10.6 Å². The summed E-state index contributed by atoms with van der Waals surface area (Å²) in [5, 5.41) is 11.2. The maximum absolute atomic E-state index is 12.2. The number of nitrogens with one attached hydrogen (secondary N) is 2. The first-order valence-corrected chi connectivity index (χ1v) is 8.32. The van der Waals surface area contributed by atoms with Gasteiger partial charge in [0.05, 0.1) is 5.52 Å². The Hall–Kier alpha value is -2.82. The highest BCUT2D eigenvalue weighted by atomic mass is 16.2. The summed E-state index contributed by atoms with van der Waals surface area (Å²) < 4.78 is 0. The van der Waals surface area contributed by atoms with Crippen LogP contribution in [0.1, 0.15) is 18.4 Å². The Bertz CT molecular complexity index is 893. The Labute approximate surface area is 140 Å². The molecule has 0 saturated carbocycles. The van der Waals surface area contributed by atoms with Gasteiger partial charge in [-0.05, 0) is 43.0 Å². The average molecular weight is 320 g/mol. The van der Waals surface area contributed by atoms with E-state index in [4.69, 9.17) is 0 Å². The fourth-order valence-electron chi connectivity index (χ4n) is 3.22. The molecule has 0 radical (unpaired) electrons. The Kier molecular flexibility index (Phi) is 3.69. The van der Waals surface area contributed by atoms with Crippen LogP contribution in [0.25, 0.3) is 22.0 Å². The third-order valence-electron chi connectivity index (χ3n) is 4.53. The lowest BCUT2D eigenvalue weighted by atomic mass is 10.0. The van der Waals surface area contributed by atoms with Crippen LogP contribution in [-0.4, -0.2) is 34.2 Å². The molecule has 0 bridgehead atoms. The monoisotopic (exact) mass is 320 g/mol. The lowest BCUT2D eigenvalue weighted by molar-refractivity contribution is 0.222. The van der Waals surface area contributed by atoms with Crippen LogP contribution >= 0.6 is 0 Å². The third-order valence-corrected chi connectivity index (χ3v) is 4.53. The second kappa shape index (κ2) is 6.00. The number of carbonyl (C=O) groups excluding carboxylic acids is 1. The van der Waals surface area contributed by atoms with E-state index < -0.39 is 0 Å². The highest BCUT2D eigenvalue weighted by molar-refractivity contribution is 6.00. The molecule has 1 aromatic heterocycles. The van der Waals surface area contributed by atoms with Crippen molar-refractivity contribution in [2.45, 2.75) is 19.8 Å². The quantitative estimate of drug-likeness (QED) is 0.744. The van der Waals surface area contributed by atoms with E-state index in [1.165, 1.54) is 11.1 Å². The number of H-pyrrole nitrogens is 1. The van der Waals surface area contributed by atoms with E-state index >= 15 is 0 Å². The van der Waals surface area contributed by atoms with Gasteiger partial charge in [0.15, 0.2) is 5.82 Å². The molecular weight excluding hydrogens is 300 g/mol. The largest absolute Gasteiger partial charge is 0.324 e. The van der Waals surface area contributed by atoms with Crippen molar-refractivity contribution in [1.29, 1.82) is 0 Å². The Morgan fingerprint density at radius 3 is 2.71 bits per heavy atom. The molecule has 2 aromatic carbocycles. The topological polar surface area (TPSA) is 61.0 Å². The number of hydrogen-bond acceptors (Lipinski definition) is 2. The van der Waals surface area contributed by atoms with Crippen molar-refractivity contribution in [3.8, 4) is 11.1 Å². The number of urea groups is 1. The van der Waals surface area contributed by atoms with E-state index in [1.54, 1.807) is 0 Å². The van der Waals surface area contributed by atoms with Gasteiger partial charge in [-0.3, -0.25) is 10.4 Å². The molecule has 1 saturated heterocycles. The van der Waals surface area contributed by atoms with Crippen LogP contribution in [0.5, 0.6) is 0 Å². The molecule has 5 nitrogen and oxygen atoms in total. The SMILES string of the molecule is Cc1cccc(-c2ccc3c(NC(=O)N4CCCC4)n[nH]c3c2)c1. The van der Waals surface area contributed by atoms with Gasteiger partial charge in [-0.25, -0.2) is 4.79 Å². The van der Waals surface area contributed by atoms with Crippen LogP contribution in [-0.2, 0) is 0 Å². The Morgan fingerprint density at radius 2 is 1.92 bits per heavy atom. The molecule has 2 amide bonds. The minimum atomic E-state index is -0.0661. The molecule has 1 fully saturated rings. The molecule has 0 unspecified atom stereocenters. The summed E-state index contributed by atoms with van der Waals surface area (Å²) in [5.41, 5.74) is 4.46.